The second-order valence-electron chi connectivity index (χ2n) is 5.52. The van der Waals surface area contributed by atoms with E-state index in [-0.39, 0.29) is 5.97 Å². The average Bonchev–Trinajstić information content (AvgIpc) is 2.53. The van der Waals surface area contributed by atoms with Gasteiger partial charge in [0.05, 0.1) is 13.7 Å². The van der Waals surface area contributed by atoms with E-state index in [9.17, 15) is 4.79 Å². The molecular weight excluding hydrogens is 266 g/mol. The predicted octanol–water partition coefficient (Wildman–Crippen LogP) is 3.12. The molecule has 1 aromatic carbocycles. The van der Waals surface area contributed by atoms with Gasteiger partial charge in [-0.05, 0) is 37.9 Å². The highest BCUT2D eigenvalue weighted by atomic mass is 16.5. The Bertz CT molecular complexity index is 461. The molecule has 1 aromatic rings. The third-order valence-corrected chi connectivity index (χ3v) is 4.11. The van der Waals surface area contributed by atoms with Crippen molar-refractivity contribution in [1.82, 2.24) is 5.32 Å². The van der Waals surface area contributed by atoms with E-state index in [0.29, 0.717) is 18.9 Å². The summed E-state index contributed by atoms with van der Waals surface area (Å²) in [5.74, 6) is 1.08. The van der Waals surface area contributed by atoms with Crippen LogP contribution >= 0.6 is 0 Å². The zero-order chi connectivity index (χ0) is 15.9. The Labute approximate surface area is 127 Å². The largest absolute Gasteiger partial charge is 0.493 e. The van der Waals surface area contributed by atoms with Gasteiger partial charge in [0.1, 0.15) is 11.3 Å². The van der Waals surface area contributed by atoms with Gasteiger partial charge in [-0.3, -0.25) is 4.79 Å². The lowest BCUT2D eigenvalue weighted by Crippen LogP contribution is -2.49. The second-order valence-corrected chi connectivity index (χ2v) is 5.52. The number of rotatable bonds is 8. The first-order chi connectivity index (χ1) is 9.98. The van der Waals surface area contributed by atoms with Gasteiger partial charge >= 0.3 is 5.97 Å². The molecule has 0 radical (unpaired) electrons. The molecule has 0 amide bonds. The van der Waals surface area contributed by atoms with Crippen molar-refractivity contribution in [3.63, 3.8) is 0 Å². The van der Waals surface area contributed by atoms with E-state index < -0.39 is 5.54 Å². The van der Waals surface area contributed by atoms with Crippen LogP contribution in [0.25, 0.3) is 0 Å². The van der Waals surface area contributed by atoms with Crippen molar-refractivity contribution in [3.05, 3.63) is 29.8 Å². The summed E-state index contributed by atoms with van der Waals surface area (Å²) in [7, 11) is 3.15. The number of ether oxygens (including phenoxy) is 2. The van der Waals surface area contributed by atoms with E-state index in [0.717, 1.165) is 12.2 Å². The first-order valence-corrected chi connectivity index (χ1v) is 7.47. The van der Waals surface area contributed by atoms with Gasteiger partial charge in [0.2, 0.25) is 0 Å². The van der Waals surface area contributed by atoms with Crippen molar-refractivity contribution in [2.75, 3.05) is 20.8 Å². The van der Waals surface area contributed by atoms with Crippen molar-refractivity contribution < 1.29 is 14.3 Å². The lowest BCUT2D eigenvalue weighted by Gasteiger charge is -2.26. The minimum Gasteiger partial charge on any atom is -0.493 e. The monoisotopic (exact) mass is 293 g/mol. The number of esters is 1. The van der Waals surface area contributed by atoms with Crippen LogP contribution in [0.5, 0.6) is 5.75 Å². The van der Waals surface area contributed by atoms with Crippen LogP contribution in [0, 0.1) is 0 Å². The molecule has 0 saturated carbocycles. The lowest BCUT2D eigenvalue weighted by atomic mass is 9.97. The highest BCUT2D eigenvalue weighted by Gasteiger charge is 2.32. The number of hydrogen-bond donors (Lipinski definition) is 1. The molecule has 0 aliphatic rings. The van der Waals surface area contributed by atoms with Gasteiger partial charge in [-0.1, -0.05) is 32.0 Å². The number of nitrogens with one attached hydrogen (secondary N) is 1. The van der Waals surface area contributed by atoms with Gasteiger partial charge in [0, 0.05) is 6.42 Å². The van der Waals surface area contributed by atoms with Crippen molar-refractivity contribution >= 4 is 5.97 Å². The number of para-hydroxylation sites is 1. The number of methoxy groups -OCH3 is 1. The summed E-state index contributed by atoms with van der Waals surface area (Å²) in [4.78, 5) is 11.8. The topological polar surface area (TPSA) is 47.6 Å². The third-order valence-electron chi connectivity index (χ3n) is 4.11. The maximum absolute atomic E-state index is 11.8. The summed E-state index contributed by atoms with van der Waals surface area (Å²) in [5, 5.41) is 3.01. The minimum absolute atomic E-state index is 0.274. The Hall–Kier alpha value is -1.55. The fourth-order valence-corrected chi connectivity index (χ4v) is 2.16. The Balaban J connectivity index is 2.70. The van der Waals surface area contributed by atoms with Crippen LogP contribution < -0.4 is 10.1 Å². The van der Waals surface area contributed by atoms with Crippen LogP contribution in [0.15, 0.2) is 24.3 Å². The molecule has 21 heavy (non-hydrogen) atoms. The van der Waals surface area contributed by atoms with Gasteiger partial charge in [-0.2, -0.15) is 0 Å². The van der Waals surface area contributed by atoms with Crippen LogP contribution in [-0.4, -0.2) is 32.3 Å². The standard InChI is InChI=1S/C17H27NO3/c1-6-13(2)14-9-7-8-10-15(14)21-12-11-17(3,18-4)16(19)20-5/h7-10,13,18H,6,11-12H2,1-5H3. The zero-order valence-corrected chi connectivity index (χ0v) is 13.7. The maximum atomic E-state index is 11.8. The van der Waals surface area contributed by atoms with Crippen molar-refractivity contribution in [1.29, 1.82) is 0 Å². The normalized spacial score (nSPS) is 15.1. The number of benzene rings is 1. The summed E-state index contributed by atoms with van der Waals surface area (Å²) in [6.07, 6.45) is 1.61. The van der Waals surface area contributed by atoms with E-state index in [2.05, 4.69) is 25.2 Å². The molecule has 0 saturated heterocycles. The minimum atomic E-state index is -0.722. The fraction of sp³-hybridized carbons (Fsp3) is 0.588. The number of hydrogen-bond acceptors (Lipinski definition) is 4. The molecule has 4 nitrogen and oxygen atoms in total. The number of carbonyl (C=O) groups is 1. The smallest absolute Gasteiger partial charge is 0.325 e. The molecule has 2 unspecified atom stereocenters. The zero-order valence-electron chi connectivity index (χ0n) is 13.7. The molecule has 0 heterocycles. The quantitative estimate of drug-likeness (QED) is 0.748. The third kappa shape index (κ3) is 4.46. The Morgan fingerprint density at radius 3 is 2.62 bits per heavy atom. The summed E-state index contributed by atoms with van der Waals surface area (Å²) in [6, 6.07) is 8.08. The fourth-order valence-electron chi connectivity index (χ4n) is 2.16. The van der Waals surface area contributed by atoms with Gasteiger partial charge < -0.3 is 14.8 Å². The van der Waals surface area contributed by atoms with Crippen LogP contribution in [0.2, 0.25) is 0 Å². The SMILES string of the molecule is CCC(C)c1ccccc1OCCC(C)(NC)C(=O)OC. The Morgan fingerprint density at radius 2 is 2.05 bits per heavy atom. The number of likely N-dealkylation sites (N-methyl/N-ethyl adjacent to an activating group) is 1. The van der Waals surface area contributed by atoms with E-state index in [1.807, 2.05) is 25.1 Å². The molecular formula is C17H27NO3. The predicted molar refractivity (Wildman–Crippen MR) is 84.7 cm³/mol. The summed E-state index contributed by atoms with van der Waals surface area (Å²) in [6.45, 7) is 6.63. The van der Waals surface area contributed by atoms with Crippen molar-refractivity contribution in [2.45, 2.75) is 45.1 Å². The molecule has 4 heteroatoms. The van der Waals surface area contributed by atoms with Gasteiger partial charge in [0.25, 0.3) is 0 Å². The molecule has 1 rings (SSSR count). The first-order valence-electron chi connectivity index (χ1n) is 7.47. The van der Waals surface area contributed by atoms with E-state index in [1.54, 1.807) is 7.05 Å². The Morgan fingerprint density at radius 1 is 1.38 bits per heavy atom. The number of carbonyl (C=O) groups excluding carboxylic acids is 1. The van der Waals surface area contributed by atoms with E-state index in [4.69, 9.17) is 9.47 Å². The van der Waals surface area contributed by atoms with Gasteiger partial charge in [-0.25, -0.2) is 0 Å². The van der Waals surface area contributed by atoms with Gasteiger partial charge in [0.15, 0.2) is 0 Å². The summed E-state index contributed by atoms with van der Waals surface area (Å²) < 4.78 is 10.7. The van der Waals surface area contributed by atoms with E-state index >= 15 is 0 Å². The van der Waals surface area contributed by atoms with Crippen molar-refractivity contribution in [2.24, 2.45) is 0 Å². The molecule has 118 valence electrons. The molecule has 0 bridgehead atoms. The lowest BCUT2D eigenvalue weighted by molar-refractivity contribution is -0.148. The molecule has 0 aromatic heterocycles. The highest BCUT2D eigenvalue weighted by molar-refractivity contribution is 5.80. The molecule has 1 N–H and O–H groups in total. The molecule has 0 fully saturated rings. The summed E-state index contributed by atoms with van der Waals surface area (Å²) in [5.41, 5.74) is 0.490. The molecule has 0 aliphatic heterocycles. The molecule has 0 spiro atoms. The summed E-state index contributed by atoms with van der Waals surface area (Å²) >= 11 is 0. The molecule has 0 aliphatic carbocycles. The van der Waals surface area contributed by atoms with Crippen LogP contribution in [0.4, 0.5) is 0 Å². The second kappa shape index (κ2) is 8.03. The first kappa shape index (κ1) is 17.5. The highest BCUT2D eigenvalue weighted by Crippen LogP contribution is 2.28. The van der Waals surface area contributed by atoms with Crippen LogP contribution in [-0.2, 0) is 9.53 Å². The molecule has 2 atom stereocenters. The van der Waals surface area contributed by atoms with Crippen molar-refractivity contribution in [3.8, 4) is 5.75 Å². The van der Waals surface area contributed by atoms with Gasteiger partial charge in [-0.15, -0.1) is 0 Å². The van der Waals surface area contributed by atoms with Crippen LogP contribution in [0.3, 0.4) is 0 Å². The Kier molecular flexibility index (Phi) is 6.69. The average molecular weight is 293 g/mol. The van der Waals surface area contributed by atoms with E-state index in [1.165, 1.54) is 12.7 Å². The maximum Gasteiger partial charge on any atom is 0.325 e. The van der Waals surface area contributed by atoms with Crippen LogP contribution in [0.1, 0.15) is 45.1 Å².